The first-order valence-electron chi connectivity index (χ1n) is 6.96. The SMILES string of the molecule is COc1ccc(OC)c(C2C[C@H](N)c3ccccc3O2)c1. The maximum atomic E-state index is 6.28. The first-order chi connectivity index (χ1) is 10.2. The van der Waals surface area contributed by atoms with Crippen molar-refractivity contribution in [3.63, 3.8) is 0 Å². The van der Waals surface area contributed by atoms with Crippen LogP contribution in [0.4, 0.5) is 0 Å². The van der Waals surface area contributed by atoms with Gasteiger partial charge in [-0.05, 0) is 24.3 Å². The number of hydrogen-bond acceptors (Lipinski definition) is 4. The largest absolute Gasteiger partial charge is 0.497 e. The molecule has 21 heavy (non-hydrogen) atoms. The molecule has 1 aliphatic rings. The number of nitrogens with two attached hydrogens (primary N) is 1. The first-order valence-corrected chi connectivity index (χ1v) is 6.96. The summed E-state index contributed by atoms with van der Waals surface area (Å²) in [5.41, 5.74) is 8.30. The second-order valence-corrected chi connectivity index (χ2v) is 5.09. The Bertz CT molecular complexity index is 642. The number of rotatable bonds is 3. The minimum atomic E-state index is -0.139. The lowest BCUT2D eigenvalue weighted by Gasteiger charge is -2.31. The van der Waals surface area contributed by atoms with E-state index >= 15 is 0 Å². The molecule has 2 aromatic rings. The Hall–Kier alpha value is -2.20. The summed E-state index contributed by atoms with van der Waals surface area (Å²) in [6.07, 6.45) is 0.570. The van der Waals surface area contributed by atoms with Crippen molar-refractivity contribution in [2.24, 2.45) is 5.73 Å². The van der Waals surface area contributed by atoms with Gasteiger partial charge in [0, 0.05) is 23.6 Å². The molecule has 3 rings (SSSR count). The standard InChI is InChI=1S/C17H19NO3/c1-19-11-7-8-15(20-2)13(9-11)17-10-14(18)12-5-3-4-6-16(12)21-17/h3-9,14,17H,10,18H2,1-2H3/t14-,17?/m0/s1. The Labute approximate surface area is 124 Å². The predicted molar refractivity (Wildman–Crippen MR) is 80.9 cm³/mol. The van der Waals surface area contributed by atoms with E-state index in [0.717, 1.165) is 28.4 Å². The molecule has 0 spiro atoms. The second kappa shape index (κ2) is 5.66. The first kappa shape index (κ1) is 13.8. The quantitative estimate of drug-likeness (QED) is 0.940. The number of ether oxygens (including phenoxy) is 3. The van der Waals surface area contributed by atoms with Crippen molar-refractivity contribution in [1.82, 2.24) is 0 Å². The van der Waals surface area contributed by atoms with Gasteiger partial charge in [-0.3, -0.25) is 0 Å². The third-order valence-corrected chi connectivity index (χ3v) is 3.84. The lowest BCUT2D eigenvalue weighted by Crippen LogP contribution is -2.24. The van der Waals surface area contributed by atoms with Crippen LogP contribution in [0.15, 0.2) is 42.5 Å². The molecule has 2 aromatic carbocycles. The molecule has 2 atom stereocenters. The van der Waals surface area contributed by atoms with E-state index in [-0.39, 0.29) is 12.1 Å². The van der Waals surface area contributed by atoms with Gasteiger partial charge in [0.2, 0.25) is 0 Å². The van der Waals surface area contributed by atoms with Gasteiger partial charge >= 0.3 is 0 Å². The highest BCUT2D eigenvalue weighted by molar-refractivity contribution is 5.45. The number of para-hydroxylation sites is 1. The van der Waals surface area contributed by atoms with Gasteiger partial charge in [-0.25, -0.2) is 0 Å². The summed E-state index contributed by atoms with van der Waals surface area (Å²) in [5, 5.41) is 0. The average molecular weight is 285 g/mol. The highest BCUT2D eigenvalue weighted by atomic mass is 16.5. The lowest BCUT2D eigenvalue weighted by molar-refractivity contribution is 0.157. The van der Waals surface area contributed by atoms with Crippen LogP contribution in [0, 0.1) is 0 Å². The van der Waals surface area contributed by atoms with E-state index in [1.165, 1.54) is 0 Å². The van der Waals surface area contributed by atoms with E-state index in [1.807, 2.05) is 42.5 Å². The van der Waals surface area contributed by atoms with Crippen LogP contribution in [0.5, 0.6) is 17.2 Å². The fraction of sp³-hybridized carbons (Fsp3) is 0.294. The van der Waals surface area contributed by atoms with E-state index in [4.69, 9.17) is 19.9 Å². The third-order valence-electron chi connectivity index (χ3n) is 3.84. The zero-order chi connectivity index (χ0) is 14.8. The van der Waals surface area contributed by atoms with Crippen molar-refractivity contribution in [1.29, 1.82) is 0 Å². The molecule has 0 fully saturated rings. The molecule has 1 aliphatic heterocycles. The van der Waals surface area contributed by atoms with Crippen LogP contribution in [0.2, 0.25) is 0 Å². The van der Waals surface area contributed by atoms with Crippen LogP contribution in [0.1, 0.15) is 29.7 Å². The van der Waals surface area contributed by atoms with Crippen LogP contribution >= 0.6 is 0 Å². The zero-order valence-corrected chi connectivity index (χ0v) is 12.2. The van der Waals surface area contributed by atoms with Gasteiger partial charge < -0.3 is 19.9 Å². The van der Waals surface area contributed by atoms with Gasteiger partial charge in [0.15, 0.2) is 0 Å². The smallest absolute Gasteiger partial charge is 0.129 e. The highest BCUT2D eigenvalue weighted by Crippen LogP contribution is 2.42. The van der Waals surface area contributed by atoms with E-state index < -0.39 is 0 Å². The summed E-state index contributed by atoms with van der Waals surface area (Å²) in [7, 11) is 3.30. The Morgan fingerprint density at radius 2 is 1.86 bits per heavy atom. The Morgan fingerprint density at radius 3 is 2.62 bits per heavy atom. The zero-order valence-electron chi connectivity index (χ0n) is 12.2. The maximum absolute atomic E-state index is 6.28. The van der Waals surface area contributed by atoms with Crippen LogP contribution in [0.25, 0.3) is 0 Å². The molecular formula is C17H19NO3. The van der Waals surface area contributed by atoms with Crippen molar-refractivity contribution in [2.45, 2.75) is 18.6 Å². The van der Waals surface area contributed by atoms with Gasteiger partial charge in [-0.2, -0.15) is 0 Å². The fourth-order valence-corrected chi connectivity index (χ4v) is 2.73. The minimum absolute atomic E-state index is 0.0455. The maximum Gasteiger partial charge on any atom is 0.129 e. The summed E-state index contributed by atoms with van der Waals surface area (Å²) >= 11 is 0. The summed E-state index contributed by atoms with van der Waals surface area (Å²) < 4.78 is 16.9. The van der Waals surface area contributed by atoms with E-state index in [1.54, 1.807) is 14.2 Å². The molecule has 0 aliphatic carbocycles. The average Bonchev–Trinajstić information content (AvgIpc) is 2.54. The second-order valence-electron chi connectivity index (χ2n) is 5.09. The van der Waals surface area contributed by atoms with Crippen LogP contribution in [0.3, 0.4) is 0 Å². The van der Waals surface area contributed by atoms with Crippen LogP contribution in [-0.2, 0) is 0 Å². The Balaban J connectivity index is 1.99. The van der Waals surface area contributed by atoms with E-state index in [2.05, 4.69) is 0 Å². The van der Waals surface area contributed by atoms with E-state index in [0.29, 0.717) is 6.42 Å². The summed E-state index contributed by atoms with van der Waals surface area (Å²) in [4.78, 5) is 0. The molecule has 1 unspecified atom stereocenters. The van der Waals surface area contributed by atoms with Gasteiger partial charge in [0.25, 0.3) is 0 Å². The van der Waals surface area contributed by atoms with Crippen molar-refractivity contribution >= 4 is 0 Å². The van der Waals surface area contributed by atoms with Gasteiger partial charge in [-0.1, -0.05) is 18.2 Å². The fourth-order valence-electron chi connectivity index (χ4n) is 2.73. The van der Waals surface area contributed by atoms with E-state index in [9.17, 15) is 0 Å². The molecular weight excluding hydrogens is 266 g/mol. The van der Waals surface area contributed by atoms with Gasteiger partial charge in [0.05, 0.1) is 14.2 Å². The van der Waals surface area contributed by atoms with Crippen molar-refractivity contribution in [3.8, 4) is 17.2 Å². The van der Waals surface area contributed by atoms with Crippen molar-refractivity contribution < 1.29 is 14.2 Å². The number of hydrogen-bond donors (Lipinski definition) is 1. The minimum Gasteiger partial charge on any atom is -0.497 e. The molecule has 0 aromatic heterocycles. The van der Waals surface area contributed by atoms with Gasteiger partial charge in [0.1, 0.15) is 23.4 Å². The van der Waals surface area contributed by atoms with Crippen molar-refractivity contribution in [2.75, 3.05) is 14.2 Å². The van der Waals surface area contributed by atoms with Crippen LogP contribution < -0.4 is 19.9 Å². The van der Waals surface area contributed by atoms with Crippen LogP contribution in [-0.4, -0.2) is 14.2 Å². The normalized spacial score (nSPS) is 20.3. The third kappa shape index (κ3) is 2.54. The summed E-state index contributed by atoms with van der Waals surface area (Å²) in [6.45, 7) is 0. The molecule has 0 radical (unpaired) electrons. The monoisotopic (exact) mass is 285 g/mol. The number of methoxy groups -OCH3 is 2. The summed E-state index contributed by atoms with van der Waals surface area (Å²) in [6, 6.07) is 13.6. The van der Waals surface area contributed by atoms with Gasteiger partial charge in [-0.15, -0.1) is 0 Å². The molecule has 1 heterocycles. The lowest BCUT2D eigenvalue weighted by atomic mass is 9.93. The molecule has 110 valence electrons. The molecule has 2 N–H and O–H groups in total. The predicted octanol–water partition coefficient (Wildman–Crippen LogP) is 3.23. The summed E-state index contributed by atoms with van der Waals surface area (Å²) in [5.74, 6) is 2.40. The Morgan fingerprint density at radius 1 is 1.05 bits per heavy atom. The van der Waals surface area contributed by atoms with Crippen molar-refractivity contribution in [3.05, 3.63) is 53.6 Å². The number of benzene rings is 2. The molecule has 0 saturated heterocycles. The topological polar surface area (TPSA) is 53.7 Å². The molecule has 0 amide bonds. The molecule has 4 nitrogen and oxygen atoms in total. The Kier molecular flexibility index (Phi) is 3.71. The molecule has 4 heteroatoms. The molecule has 0 saturated carbocycles. The number of fused-ring (bicyclic) bond motifs is 1. The molecule has 0 bridgehead atoms. The highest BCUT2D eigenvalue weighted by Gasteiger charge is 2.29.